The van der Waals surface area contributed by atoms with Gasteiger partial charge in [-0.15, -0.1) is 0 Å². The number of rotatable bonds is 5. The predicted molar refractivity (Wildman–Crippen MR) is 96.1 cm³/mol. The van der Waals surface area contributed by atoms with Crippen LogP contribution in [-0.2, 0) is 9.59 Å². The molecule has 130 valence electrons. The highest BCUT2D eigenvalue weighted by molar-refractivity contribution is 6.09. The van der Waals surface area contributed by atoms with Crippen molar-refractivity contribution in [2.24, 2.45) is 0 Å². The Morgan fingerprint density at radius 3 is 2.04 bits per heavy atom. The molecule has 2 amide bonds. The molecule has 2 rings (SSSR count). The second-order valence-corrected chi connectivity index (χ2v) is 5.23. The van der Waals surface area contributed by atoms with Gasteiger partial charge in [0.05, 0.1) is 4.92 Å². The van der Waals surface area contributed by atoms with Gasteiger partial charge in [-0.2, -0.15) is 5.26 Å². The first-order valence-corrected chi connectivity index (χ1v) is 7.44. The lowest BCUT2D eigenvalue weighted by atomic mass is 10.1. The number of nitro benzene ring substituents is 1. The maximum Gasteiger partial charge on any atom is 0.269 e. The summed E-state index contributed by atoms with van der Waals surface area (Å²) in [7, 11) is 0. The number of nitrogens with one attached hydrogen (secondary N) is 2. The molecule has 0 radical (unpaired) electrons. The maximum absolute atomic E-state index is 12.2. The third-order valence-electron chi connectivity index (χ3n) is 3.24. The maximum atomic E-state index is 12.2. The SMILES string of the molecule is CC(=O)Nc1ccc(NC(=O)/C(C#N)=C/c2ccc([N+](=O)[O-])cc2)cc1. The number of non-ortho nitro benzene ring substituents is 1. The first-order chi connectivity index (χ1) is 12.4. The third-order valence-corrected chi connectivity index (χ3v) is 3.24. The minimum absolute atomic E-state index is 0.0793. The van der Waals surface area contributed by atoms with Crippen molar-refractivity contribution in [3.63, 3.8) is 0 Å². The smallest absolute Gasteiger partial charge is 0.269 e. The lowest BCUT2D eigenvalue weighted by Gasteiger charge is -2.06. The molecule has 0 unspecified atom stereocenters. The number of nitrogens with zero attached hydrogens (tertiary/aromatic N) is 2. The van der Waals surface area contributed by atoms with E-state index in [0.717, 1.165) is 0 Å². The molecular weight excluding hydrogens is 336 g/mol. The second kappa shape index (κ2) is 8.21. The Labute approximate surface area is 148 Å². The lowest BCUT2D eigenvalue weighted by Crippen LogP contribution is -2.13. The molecule has 0 saturated carbocycles. The van der Waals surface area contributed by atoms with E-state index in [2.05, 4.69) is 10.6 Å². The van der Waals surface area contributed by atoms with E-state index in [1.54, 1.807) is 30.3 Å². The summed E-state index contributed by atoms with van der Waals surface area (Å²) in [6.45, 7) is 1.39. The topological polar surface area (TPSA) is 125 Å². The quantitative estimate of drug-likeness (QED) is 0.371. The van der Waals surface area contributed by atoms with Crippen LogP contribution in [0.2, 0.25) is 0 Å². The average molecular weight is 350 g/mol. The number of nitriles is 1. The number of amides is 2. The molecule has 0 aliphatic carbocycles. The van der Waals surface area contributed by atoms with E-state index in [1.807, 2.05) is 0 Å². The van der Waals surface area contributed by atoms with E-state index in [0.29, 0.717) is 16.9 Å². The molecule has 0 aliphatic heterocycles. The fourth-order valence-corrected chi connectivity index (χ4v) is 2.05. The van der Waals surface area contributed by atoms with Gasteiger partial charge in [0, 0.05) is 30.4 Å². The zero-order valence-electron chi connectivity index (χ0n) is 13.7. The van der Waals surface area contributed by atoms with E-state index in [-0.39, 0.29) is 17.2 Å². The average Bonchev–Trinajstić information content (AvgIpc) is 2.61. The van der Waals surface area contributed by atoms with Crippen LogP contribution in [0.5, 0.6) is 0 Å². The van der Waals surface area contributed by atoms with Crippen molar-refractivity contribution in [3.05, 3.63) is 69.8 Å². The molecule has 2 aromatic carbocycles. The summed E-state index contributed by atoms with van der Waals surface area (Å²) in [6.07, 6.45) is 1.34. The van der Waals surface area contributed by atoms with E-state index in [9.17, 15) is 25.0 Å². The summed E-state index contributed by atoms with van der Waals surface area (Å²) in [5.74, 6) is -0.822. The molecule has 0 atom stereocenters. The van der Waals surface area contributed by atoms with Crippen molar-refractivity contribution in [1.82, 2.24) is 0 Å². The highest BCUT2D eigenvalue weighted by atomic mass is 16.6. The van der Waals surface area contributed by atoms with Gasteiger partial charge in [-0.3, -0.25) is 19.7 Å². The molecule has 2 aromatic rings. The molecule has 8 nitrogen and oxygen atoms in total. The fraction of sp³-hybridized carbons (Fsp3) is 0.0556. The van der Waals surface area contributed by atoms with Crippen LogP contribution in [0.1, 0.15) is 12.5 Å². The van der Waals surface area contributed by atoms with E-state index in [1.165, 1.54) is 37.3 Å². The van der Waals surface area contributed by atoms with E-state index >= 15 is 0 Å². The number of hydrogen-bond acceptors (Lipinski definition) is 5. The van der Waals surface area contributed by atoms with Crippen LogP contribution < -0.4 is 10.6 Å². The van der Waals surface area contributed by atoms with Crippen LogP contribution in [0.25, 0.3) is 6.08 Å². The van der Waals surface area contributed by atoms with Crippen LogP contribution in [0.4, 0.5) is 17.1 Å². The third kappa shape index (κ3) is 5.01. The molecule has 0 bridgehead atoms. The molecule has 0 fully saturated rings. The molecule has 0 spiro atoms. The Morgan fingerprint density at radius 2 is 1.58 bits per heavy atom. The van der Waals surface area contributed by atoms with Gasteiger partial charge in [0.1, 0.15) is 11.6 Å². The Bertz CT molecular complexity index is 910. The first kappa shape index (κ1) is 18.4. The van der Waals surface area contributed by atoms with Crippen molar-refractivity contribution >= 4 is 35.0 Å². The predicted octanol–water partition coefficient (Wildman–Crippen LogP) is 3.10. The van der Waals surface area contributed by atoms with Gasteiger partial charge in [0.25, 0.3) is 11.6 Å². The molecule has 0 heterocycles. The summed E-state index contributed by atoms with van der Waals surface area (Å²) >= 11 is 0. The monoisotopic (exact) mass is 350 g/mol. The summed E-state index contributed by atoms with van der Waals surface area (Å²) in [5, 5.41) is 25.0. The number of benzene rings is 2. The number of hydrogen-bond donors (Lipinski definition) is 2. The molecule has 2 N–H and O–H groups in total. The zero-order valence-corrected chi connectivity index (χ0v) is 13.7. The number of nitro groups is 1. The molecule has 0 aromatic heterocycles. The van der Waals surface area contributed by atoms with Gasteiger partial charge >= 0.3 is 0 Å². The standard InChI is InChI=1S/C18H14N4O4/c1-12(23)20-15-4-6-16(7-5-15)21-18(24)14(11-19)10-13-2-8-17(9-3-13)22(25)26/h2-10H,1H3,(H,20,23)(H,21,24)/b14-10+. The van der Waals surface area contributed by atoms with Gasteiger partial charge < -0.3 is 10.6 Å². The number of carbonyl (C=O) groups is 2. The number of carbonyl (C=O) groups excluding carboxylic acids is 2. The van der Waals surface area contributed by atoms with E-state index in [4.69, 9.17) is 0 Å². The van der Waals surface area contributed by atoms with Gasteiger partial charge in [-0.25, -0.2) is 0 Å². The highest BCUT2D eigenvalue weighted by Gasteiger charge is 2.10. The van der Waals surface area contributed by atoms with Crippen LogP contribution in [-0.4, -0.2) is 16.7 Å². The zero-order chi connectivity index (χ0) is 19.1. The van der Waals surface area contributed by atoms with Crippen molar-refractivity contribution < 1.29 is 14.5 Å². The van der Waals surface area contributed by atoms with Crippen LogP contribution in [0.15, 0.2) is 54.1 Å². The van der Waals surface area contributed by atoms with Gasteiger partial charge in [-0.05, 0) is 48.0 Å². The Kier molecular flexibility index (Phi) is 5.79. The van der Waals surface area contributed by atoms with Crippen LogP contribution in [0.3, 0.4) is 0 Å². The Hall–Kier alpha value is -3.99. The molecule has 8 heteroatoms. The van der Waals surface area contributed by atoms with Crippen molar-refractivity contribution in [3.8, 4) is 6.07 Å². The summed E-state index contributed by atoms with van der Waals surface area (Å²) < 4.78 is 0. The lowest BCUT2D eigenvalue weighted by molar-refractivity contribution is -0.384. The van der Waals surface area contributed by atoms with Gasteiger partial charge in [0.2, 0.25) is 5.91 Å². The van der Waals surface area contributed by atoms with Crippen LogP contribution in [0, 0.1) is 21.4 Å². The Balaban J connectivity index is 2.11. The molecule has 0 saturated heterocycles. The summed E-state index contributed by atoms with van der Waals surface area (Å²) in [4.78, 5) is 33.3. The van der Waals surface area contributed by atoms with E-state index < -0.39 is 10.8 Å². The summed E-state index contributed by atoms with van der Waals surface area (Å²) in [5.41, 5.74) is 1.30. The molecule has 26 heavy (non-hydrogen) atoms. The fourth-order valence-electron chi connectivity index (χ4n) is 2.05. The molecular formula is C18H14N4O4. The van der Waals surface area contributed by atoms with Gasteiger partial charge in [-0.1, -0.05) is 0 Å². The largest absolute Gasteiger partial charge is 0.326 e. The highest BCUT2D eigenvalue weighted by Crippen LogP contribution is 2.17. The second-order valence-electron chi connectivity index (χ2n) is 5.23. The van der Waals surface area contributed by atoms with Crippen molar-refractivity contribution in [2.45, 2.75) is 6.92 Å². The molecule has 0 aliphatic rings. The minimum atomic E-state index is -0.613. The number of anilines is 2. The minimum Gasteiger partial charge on any atom is -0.326 e. The Morgan fingerprint density at radius 1 is 1.04 bits per heavy atom. The van der Waals surface area contributed by atoms with Crippen LogP contribution >= 0.6 is 0 Å². The van der Waals surface area contributed by atoms with Crippen molar-refractivity contribution in [2.75, 3.05) is 10.6 Å². The van der Waals surface area contributed by atoms with Gasteiger partial charge in [0.15, 0.2) is 0 Å². The summed E-state index contributed by atoms with van der Waals surface area (Å²) in [6, 6.07) is 13.7. The van der Waals surface area contributed by atoms with Crippen molar-refractivity contribution in [1.29, 1.82) is 5.26 Å². The first-order valence-electron chi connectivity index (χ1n) is 7.44. The normalized spacial score (nSPS) is 10.5.